The van der Waals surface area contributed by atoms with Gasteiger partial charge in [0.1, 0.15) is 5.54 Å². The van der Waals surface area contributed by atoms with Crippen LogP contribution in [0, 0.1) is 31.1 Å². The lowest BCUT2D eigenvalue weighted by atomic mass is 9.90. The molecule has 0 aliphatic carbocycles. The summed E-state index contributed by atoms with van der Waals surface area (Å²) in [5, 5.41) is 12.3. The highest BCUT2D eigenvalue weighted by Gasteiger charge is 2.33. The van der Waals surface area contributed by atoms with E-state index in [1.807, 2.05) is 13.8 Å². The first-order chi connectivity index (χ1) is 11.3. The van der Waals surface area contributed by atoms with Gasteiger partial charge in [0, 0.05) is 6.04 Å². The molecule has 1 aromatic carbocycles. The molecule has 1 aliphatic rings. The van der Waals surface area contributed by atoms with Gasteiger partial charge in [-0.15, -0.1) is 0 Å². The number of carbonyl (C=O) groups excluding carboxylic acids is 1. The predicted molar refractivity (Wildman–Crippen MR) is 96.5 cm³/mol. The molecule has 2 unspecified atom stereocenters. The molecular weight excluding hydrogens is 298 g/mol. The fraction of sp³-hybridized carbons (Fsp3) is 0.600. The number of rotatable bonds is 5. The van der Waals surface area contributed by atoms with E-state index in [2.05, 4.69) is 48.3 Å². The molecule has 130 valence electrons. The van der Waals surface area contributed by atoms with Crippen molar-refractivity contribution in [2.75, 3.05) is 13.1 Å². The van der Waals surface area contributed by atoms with Crippen molar-refractivity contribution in [1.29, 1.82) is 5.26 Å². The Kier molecular flexibility index (Phi) is 5.66. The Labute approximate surface area is 145 Å². The van der Waals surface area contributed by atoms with Crippen LogP contribution in [0.1, 0.15) is 56.3 Å². The van der Waals surface area contributed by atoms with Gasteiger partial charge >= 0.3 is 0 Å². The highest BCUT2D eigenvalue weighted by molar-refractivity contribution is 5.79. The van der Waals surface area contributed by atoms with Gasteiger partial charge in [-0.05, 0) is 57.2 Å². The van der Waals surface area contributed by atoms with Crippen molar-refractivity contribution in [2.24, 2.45) is 5.92 Å². The van der Waals surface area contributed by atoms with E-state index in [4.69, 9.17) is 0 Å². The largest absolute Gasteiger partial charge is 0.337 e. The molecule has 4 heteroatoms. The number of hydrogen-bond donors (Lipinski definition) is 1. The Hall–Kier alpha value is -1.86. The quantitative estimate of drug-likeness (QED) is 0.900. The monoisotopic (exact) mass is 327 g/mol. The van der Waals surface area contributed by atoms with Crippen molar-refractivity contribution in [3.05, 3.63) is 34.9 Å². The number of carbonyl (C=O) groups is 1. The van der Waals surface area contributed by atoms with Gasteiger partial charge in [-0.1, -0.05) is 37.6 Å². The minimum absolute atomic E-state index is 0.0649. The first kappa shape index (κ1) is 18.5. The van der Waals surface area contributed by atoms with Crippen LogP contribution in [0.4, 0.5) is 0 Å². The Morgan fingerprint density at radius 2 is 2.17 bits per heavy atom. The van der Waals surface area contributed by atoms with Crippen molar-refractivity contribution < 1.29 is 4.79 Å². The lowest BCUT2D eigenvalue weighted by Gasteiger charge is -2.30. The SMILES string of the molecule is Cc1ccc(C)c(C2CCCN2CC(=O)NC(C)(C#N)C(C)C)c1. The minimum atomic E-state index is -0.814. The summed E-state index contributed by atoms with van der Waals surface area (Å²) in [6.07, 6.45) is 2.18. The van der Waals surface area contributed by atoms with Crippen LogP contribution in [0.15, 0.2) is 18.2 Å². The average Bonchev–Trinajstić information content (AvgIpc) is 2.97. The van der Waals surface area contributed by atoms with E-state index in [-0.39, 0.29) is 11.8 Å². The van der Waals surface area contributed by atoms with Gasteiger partial charge in [0.15, 0.2) is 0 Å². The van der Waals surface area contributed by atoms with Gasteiger partial charge in [-0.2, -0.15) is 5.26 Å². The van der Waals surface area contributed by atoms with Crippen LogP contribution in [0.5, 0.6) is 0 Å². The normalized spacial score (nSPS) is 20.6. The zero-order chi connectivity index (χ0) is 17.9. The van der Waals surface area contributed by atoms with Crippen molar-refractivity contribution in [3.8, 4) is 6.07 Å². The van der Waals surface area contributed by atoms with Crippen molar-refractivity contribution in [3.63, 3.8) is 0 Å². The lowest BCUT2D eigenvalue weighted by Crippen LogP contribution is -2.51. The number of benzene rings is 1. The Balaban J connectivity index is 2.10. The van der Waals surface area contributed by atoms with Crippen molar-refractivity contribution in [1.82, 2.24) is 10.2 Å². The van der Waals surface area contributed by atoms with Crippen LogP contribution < -0.4 is 5.32 Å². The average molecular weight is 327 g/mol. The van der Waals surface area contributed by atoms with Crippen molar-refractivity contribution in [2.45, 2.75) is 59.0 Å². The molecule has 1 heterocycles. The summed E-state index contributed by atoms with van der Waals surface area (Å²) in [5.74, 6) is 0.00444. The Morgan fingerprint density at radius 1 is 1.46 bits per heavy atom. The third-order valence-electron chi connectivity index (χ3n) is 5.29. The molecule has 0 bridgehead atoms. The summed E-state index contributed by atoms with van der Waals surface area (Å²) in [4.78, 5) is 14.7. The highest BCUT2D eigenvalue weighted by atomic mass is 16.2. The van der Waals surface area contributed by atoms with E-state index >= 15 is 0 Å². The first-order valence-electron chi connectivity index (χ1n) is 8.80. The second-order valence-corrected chi connectivity index (χ2v) is 7.51. The molecule has 1 fully saturated rings. The van der Waals surface area contributed by atoms with Crippen molar-refractivity contribution >= 4 is 5.91 Å². The van der Waals surface area contributed by atoms with Gasteiger partial charge in [0.05, 0.1) is 12.6 Å². The fourth-order valence-electron chi connectivity index (χ4n) is 3.30. The highest BCUT2D eigenvalue weighted by Crippen LogP contribution is 2.33. The third kappa shape index (κ3) is 3.96. The third-order valence-corrected chi connectivity index (χ3v) is 5.29. The first-order valence-corrected chi connectivity index (χ1v) is 8.80. The number of aryl methyl sites for hydroxylation is 2. The number of nitriles is 1. The second kappa shape index (κ2) is 7.36. The van der Waals surface area contributed by atoms with Gasteiger partial charge in [-0.25, -0.2) is 0 Å². The van der Waals surface area contributed by atoms with E-state index in [0.29, 0.717) is 12.6 Å². The van der Waals surface area contributed by atoms with Gasteiger partial charge in [0.2, 0.25) is 5.91 Å². The number of hydrogen-bond acceptors (Lipinski definition) is 3. The van der Waals surface area contributed by atoms with Crippen LogP contribution in [-0.2, 0) is 4.79 Å². The molecule has 0 spiro atoms. The van der Waals surface area contributed by atoms with E-state index in [0.717, 1.165) is 19.4 Å². The topological polar surface area (TPSA) is 56.1 Å². The molecule has 1 aromatic rings. The van der Waals surface area contributed by atoms with Crippen LogP contribution in [0.25, 0.3) is 0 Å². The molecule has 4 nitrogen and oxygen atoms in total. The molecule has 0 radical (unpaired) electrons. The number of nitrogens with zero attached hydrogens (tertiary/aromatic N) is 2. The summed E-state index contributed by atoms with van der Waals surface area (Å²) in [6.45, 7) is 11.2. The molecule has 1 amide bonds. The zero-order valence-corrected chi connectivity index (χ0v) is 15.5. The van der Waals surface area contributed by atoms with E-state index in [1.165, 1.54) is 16.7 Å². The molecular formula is C20H29N3O. The molecule has 24 heavy (non-hydrogen) atoms. The maximum atomic E-state index is 12.5. The minimum Gasteiger partial charge on any atom is -0.337 e. The summed E-state index contributed by atoms with van der Waals surface area (Å²) >= 11 is 0. The molecule has 1 aliphatic heterocycles. The predicted octanol–water partition coefficient (Wildman–Crippen LogP) is 3.49. The van der Waals surface area contributed by atoms with Gasteiger partial charge in [0.25, 0.3) is 0 Å². The summed E-state index contributed by atoms with van der Waals surface area (Å²) in [6, 6.07) is 9.07. The molecule has 2 atom stereocenters. The van der Waals surface area contributed by atoms with Gasteiger partial charge in [-0.3, -0.25) is 9.69 Å². The van der Waals surface area contributed by atoms with E-state index < -0.39 is 5.54 Å². The summed E-state index contributed by atoms with van der Waals surface area (Å²) in [5.41, 5.74) is 3.05. The molecule has 2 rings (SSSR count). The smallest absolute Gasteiger partial charge is 0.235 e. The number of nitrogens with one attached hydrogen (secondary N) is 1. The molecule has 0 saturated carbocycles. The number of likely N-dealkylation sites (tertiary alicyclic amines) is 1. The van der Waals surface area contributed by atoms with E-state index in [9.17, 15) is 10.1 Å². The number of amides is 1. The Morgan fingerprint density at radius 3 is 2.79 bits per heavy atom. The molecule has 0 aromatic heterocycles. The Bertz CT molecular complexity index is 647. The van der Waals surface area contributed by atoms with Crippen LogP contribution in [0.3, 0.4) is 0 Å². The van der Waals surface area contributed by atoms with E-state index in [1.54, 1.807) is 6.92 Å². The summed E-state index contributed by atoms with van der Waals surface area (Å²) < 4.78 is 0. The fourth-order valence-corrected chi connectivity index (χ4v) is 3.30. The van der Waals surface area contributed by atoms with Crippen LogP contribution in [-0.4, -0.2) is 29.4 Å². The van der Waals surface area contributed by atoms with Crippen LogP contribution >= 0.6 is 0 Å². The molecule has 1 saturated heterocycles. The lowest BCUT2D eigenvalue weighted by molar-refractivity contribution is -0.124. The maximum absolute atomic E-state index is 12.5. The standard InChI is InChI=1S/C20H29N3O/c1-14(2)20(5,13-21)22-19(24)12-23-10-6-7-18(23)17-11-15(3)8-9-16(17)4/h8-9,11,14,18H,6-7,10,12H2,1-5H3,(H,22,24). The zero-order valence-electron chi connectivity index (χ0n) is 15.5. The molecule has 1 N–H and O–H groups in total. The maximum Gasteiger partial charge on any atom is 0.235 e. The van der Waals surface area contributed by atoms with Gasteiger partial charge < -0.3 is 5.32 Å². The van der Waals surface area contributed by atoms with Crippen LogP contribution in [0.2, 0.25) is 0 Å². The second-order valence-electron chi connectivity index (χ2n) is 7.51. The summed E-state index contributed by atoms with van der Waals surface area (Å²) in [7, 11) is 0.